The van der Waals surface area contributed by atoms with Gasteiger partial charge in [0.15, 0.2) is 11.5 Å². The van der Waals surface area contributed by atoms with Gasteiger partial charge in [-0.2, -0.15) is 5.10 Å². The number of nitrogens with zero attached hydrogens (tertiary/aromatic N) is 1. The highest BCUT2D eigenvalue weighted by molar-refractivity contribution is 5.99. The van der Waals surface area contributed by atoms with E-state index in [2.05, 4.69) is 15.8 Å². The second kappa shape index (κ2) is 12.2. The van der Waals surface area contributed by atoms with Crippen molar-refractivity contribution in [3.05, 3.63) is 125 Å². The summed E-state index contributed by atoms with van der Waals surface area (Å²) in [4.78, 5) is 25.8. The van der Waals surface area contributed by atoms with Gasteiger partial charge in [0.05, 0.1) is 26.4 Å². The summed E-state index contributed by atoms with van der Waals surface area (Å²) in [5, 5.41) is 7.00. The molecule has 7 heteroatoms. The maximum Gasteiger partial charge on any atom is 0.271 e. The Labute approximate surface area is 215 Å². The van der Waals surface area contributed by atoms with Gasteiger partial charge in [-0.3, -0.25) is 9.59 Å². The third-order valence-electron chi connectivity index (χ3n) is 5.75. The first-order chi connectivity index (χ1) is 18.1. The normalized spacial score (nSPS) is 10.8. The molecule has 186 valence electrons. The van der Waals surface area contributed by atoms with Crippen LogP contribution in [0.3, 0.4) is 0 Å². The third-order valence-corrected chi connectivity index (χ3v) is 5.75. The van der Waals surface area contributed by atoms with E-state index in [9.17, 15) is 9.59 Å². The Kier molecular flexibility index (Phi) is 8.29. The average molecular weight is 494 g/mol. The fraction of sp³-hybridized carbons (Fsp3) is 0.100. The van der Waals surface area contributed by atoms with Gasteiger partial charge in [0.1, 0.15) is 0 Å². The maximum absolute atomic E-state index is 13.3. The van der Waals surface area contributed by atoms with Crippen molar-refractivity contribution in [1.29, 1.82) is 0 Å². The standard InChI is InChI=1S/C30H27N3O4/c1-36-26-15-9-14-24(28(26)37-2)20-31-33-29(34)23-16-18-25(19-17-23)32-30(35)27(21-10-5-3-6-11-21)22-12-7-4-8-13-22/h3-20,27H,1-2H3,(H,32,35)(H,33,34)/b31-20-. The number of ether oxygens (including phenoxy) is 2. The molecule has 4 aromatic rings. The van der Waals surface area contributed by atoms with E-state index in [4.69, 9.17) is 9.47 Å². The third kappa shape index (κ3) is 6.21. The molecule has 0 aromatic heterocycles. The first kappa shape index (κ1) is 25.2. The van der Waals surface area contributed by atoms with Gasteiger partial charge in [-0.15, -0.1) is 0 Å². The lowest BCUT2D eigenvalue weighted by molar-refractivity contribution is -0.116. The van der Waals surface area contributed by atoms with E-state index >= 15 is 0 Å². The number of hydrazone groups is 1. The van der Waals surface area contributed by atoms with Gasteiger partial charge in [-0.25, -0.2) is 5.43 Å². The van der Waals surface area contributed by atoms with Crippen LogP contribution in [0.5, 0.6) is 11.5 Å². The summed E-state index contributed by atoms with van der Waals surface area (Å²) in [6, 6.07) is 31.3. The summed E-state index contributed by atoms with van der Waals surface area (Å²) in [5.74, 6) is 0.0757. The largest absolute Gasteiger partial charge is 0.493 e. The zero-order valence-electron chi connectivity index (χ0n) is 20.5. The number of hydrogen-bond acceptors (Lipinski definition) is 5. The molecule has 0 spiro atoms. The molecule has 0 saturated heterocycles. The van der Waals surface area contributed by atoms with Crippen molar-refractivity contribution in [3.63, 3.8) is 0 Å². The van der Waals surface area contributed by atoms with Crippen LogP contribution in [0.4, 0.5) is 5.69 Å². The van der Waals surface area contributed by atoms with Crippen LogP contribution in [0.25, 0.3) is 0 Å². The van der Waals surface area contributed by atoms with Gasteiger partial charge in [-0.1, -0.05) is 66.7 Å². The molecule has 0 heterocycles. The van der Waals surface area contributed by atoms with Crippen molar-refractivity contribution in [2.45, 2.75) is 5.92 Å². The Morgan fingerprint density at radius 1 is 0.757 bits per heavy atom. The van der Waals surface area contributed by atoms with E-state index in [-0.39, 0.29) is 11.8 Å². The van der Waals surface area contributed by atoms with Gasteiger partial charge in [0, 0.05) is 16.8 Å². The fourth-order valence-corrected chi connectivity index (χ4v) is 3.94. The lowest BCUT2D eigenvalue weighted by atomic mass is 9.90. The highest BCUT2D eigenvalue weighted by atomic mass is 16.5. The lowest BCUT2D eigenvalue weighted by Gasteiger charge is -2.18. The summed E-state index contributed by atoms with van der Waals surface area (Å²) in [5.41, 5.74) is 5.94. The topological polar surface area (TPSA) is 89.0 Å². The minimum atomic E-state index is -0.465. The smallest absolute Gasteiger partial charge is 0.271 e. The van der Waals surface area contributed by atoms with Gasteiger partial charge in [0.25, 0.3) is 5.91 Å². The predicted molar refractivity (Wildman–Crippen MR) is 144 cm³/mol. The summed E-state index contributed by atoms with van der Waals surface area (Å²) in [6.45, 7) is 0. The first-order valence-corrected chi connectivity index (χ1v) is 11.7. The van der Waals surface area contributed by atoms with E-state index in [0.717, 1.165) is 11.1 Å². The number of benzene rings is 4. The van der Waals surface area contributed by atoms with Crippen LogP contribution in [0.15, 0.2) is 108 Å². The lowest BCUT2D eigenvalue weighted by Crippen LogP contribution is -2.22. The summed E-state index contributed by atoms with van der Waals surface area (Å²) in [6.07, 6.45) is 1.49. The summed E-state index contributed by atoms with van der Waals surface area (Å²) < 4.78 is 10.6. The van der Waals surface area contributed by atoms with Crippen molar-refractivity contribution in [2.24, 2.45) is 5.10 Å². The number of carbonyl (C=O) groups excluding carboxylic acids is 2. The van der Waals surface area contributed by atoms with Crippen LogP contribution < -0.4 is 20.2 Å². The zero-order valence-corrected chi connectivity index (χ0v) is 20.5. The van der Waals surface area contributed by atoms with E-state index in [1.165, 1.54) is 13.3 Å². The predicted octanol–water partition coefficient (Wildman–Crippen LogP) is 5.24. The molecule has 0 aliphatic heterocycles. The number of methoxy groups -OCH3 is 2. The molecule has 2 N–H and O–H groups in total. The number of anilines is 1. The number of amides is 2. The zero-order chi connectivity index (χ0) is 26.0. The quantitative estimate of drug-likeness (QED) is 0.247. The fourth-order valence-electron chi connectivity index (χ4n) is 3.94. The van der Waals surface area contributed by atoms with Crippen molar-refractivity contribution >= 4 is 23.7 Å². The highest BCUT2D eigenvalue weighted by Gasteiger charge is 2.22. The average Bonchev–Trinajstić information content (AvgIpc) is 2.94. The molecular weight excluding hydrogens is 466 g/mol. The molecule has 4 rings (SSSR count). The first-order valence-electron chi connectivity index (χ1n) is 11.7. The Morgan fingerprint density at radius 2 is 1.38 bits per heavy atom. The van der Waals surface area contributed by atoms with E-state index in [1.54, 1.807) is 49.6 Å². The number of rotatable bonds is 9. The Balaban J connectivity index is 1.43. The van der Waals surface area contributed by atoms with E-state index in [1.807, 2.05) is 60.7 Å². The molecule has 37 heavy (non-hydrogen) atoms. The Hall–Kier alpha value is -4.91. The monoisotopic (exact) mass is 493 g/mol. The highest BCUT2D eigenvalue weighted by Crippen LogP contribution is 2.29. The van der Waals surface area contributed by atoms with Gasteiger partial charge in [0.2, 0.25) is 5.91 Å². The van der Waals surface area contributed by atoms with Crippen molar-refractivity contribution in [2.75, 3.05) is 19.5 Å². The van der Waals surface area contributed by atoms with Crippen LogP contribution in [-0.2, 0) is 4.79 Å². The van der Waals surface area contributed by atoms with Crippen LogP contribution in [0.2, 0.25) is 0 Å². The molecule has 0 bridgehead atoms. The van der Waals surface area contributed by atoms with Crippen molar-refractivity contribution < 1.29 is 19.1 Å². The molecule has 2 amide bonds. The SMILES string of the molecule is COc1cccc(/C=N\NC(=O)c2ccc(NC(=O)C(c3ccccc3)c3ccccc3)cc2)c1OC. The second-order valence-corrected chi connectivity index (χ2v) is 8.10. The number of hydrogen-bond donors (Lipinski definition) is 2. The summed E-state index contributed by atoms with van der Waals surface area (Å²) in [7, 11) is 3.09. The molecular formula is C30H27N3O4. The molecule has 7 nitrogen and oxygen atoms in total. The number of para-hydroxylation sites is 1. The van der Waals surface area contributed by atoms with Crippen LogP contribution in [0, 0.1) is 0 Å². The molecule has 0 aliphatic rings. The molecule has 0 saturated carbocycles. The van der Waals surface area contributed by atoms with Crippen LogP contribution in [-0.4, -0.2) is 32.2 Å². The Morgan fingerprint density at radius 3 is 1.95 bits per heavy atom. The van der Waals surface area contributed by atoms with E-state index < -0.39 is 5.92 Å². The van der Waals surface area contributed by atoms with E-state index in [0.29, 0.717) is 28.3 Å². The molecule has 0 atom stereocenters. The van der Waals surface area contributed by atoms with Crippen molar-refractivity contribution in [1.82, 2.24) is 5.43 Å². The van der Waals surface area contributed by atoms with Crippen LogP contribution in [0.1, 0.15) is 33.0 Å². The van der Waals surface area contributed by atoms with Gasteiger partial charge >= 0.3 is 0 Å². The molecule has 0 radical (unpaired) electrons. The number of carbonyl (C=O) groups is 2. The molecule has 0 unspecified atom stereocenters. The number of nitrogens with one attached hydrogen (secondary N) is 2. The molecule has 0 fully saturated rings. The Bertz CT molecular complexity index is 1330. The van der Waals surface area contributed by atoms with Crippen molar-refractivity contribution in [3.8, 4) is 11.5 Å². The van der Waals surface area contributed by atoms with Gasteiger partial charge in [-0.05, 0) is 47.5 Å². The molecule has 4 aromatic carbocycles. The minimum absolute atomic E-state index is 0.161. The molecule has 0 aliphatic carbocycles. The van der Waals surface area contributed by atoms with Gasteiger partial charge < -0.3 is 14.8 Å². The minimum Gasteiger partial charge on any atom is -0.493 e. The summed E-state index contributed by atoms with van der Waals surface area (Å²) >= 11 is 0. The second-order valence-electron chi connectivity index (χ2n) is 8.10. The van der Waals surface area contributed by atoms with Crippen LogP contribution >= 0.6 is 0 Å². The maximum atomic E-state index is 13.3.